The van der Waals surface area contributed by atoms with Crippen LogP contribution in [0.5, 0.6) is 5.75 Å². The molecule has 10 nitrogen and oxygen atoms in total. The summed E-state index contributed by atoms with van der Waals surface area (Å²) in [4.78, 5) is 49.9. The number of methoxy groups -OCH3 is 1. The number of nitro benzene ring substituents is 1. The summed E-state index contributed by atoms with van der Waals surface area (Å²) in [6, 6.07) is 13.3. The second-order valence-corrected chi connectivity index (χ2v) is 9.45. The number of nitrogens with zero attached hydrogens (tertiary/aromatic N) is 3. The van der Waals surface area contributed by atoms with Crippen LogP contribution in [0, 0.1) is 30.9 Å². The largest absolute Gasteiger partial charge is 0.495 e. The topological polar surface area (TPSA) is 124 Å². The molecule has 1 aliphatic heterocycles. The Bertz CT molecular complexity index is 1460. The number of nitrogens with one attached hydrogen (secondary N) is 1. The van der Waals surface area contributed by atoms with Gasteiger partial charge in [0.1, 0.15) is 12.3 Å². The third kappa shape index (κ3) is 5.26. The van der Waals surface area contributed by atoms with Gasteiger partial charge >= 0.3 is 0 Å². The summed E-state index contributed by atoms with van der Waals surface area (Å²) in [7, 11) is 1.48. The van der Waals surface area contributed by atoms with E-state index in [-0.39, 0.29) is 10.6 Å². The minimum Gasteiger partial charge on any atom is -0.495 e. The van der Waals surface area contributed by atoms with Crippen LogP contribution in [0.1, 0.15) is 22.5 Å². The molecule has 1 saturated heterocycles. The molecular weight excluding hydrogens is 496 g/mol. The number of rotatable bonds is 7. The lowest BCUT2D eigenvalue weighted by Crippen LogP contribution is -2.36. The highest BCUT2D eigenvalue weighted by Gasteiger charge is 2.36. The Balaban J connectivity index is 1.58. The molecule has 0 atom stereocenters. The molecule has 3 aromatic rings. The van der Waals surface area contributed by atoms with Gasteiger partial charge in [0, 0.05) is 29.2 Å². The number of thioether (sulfide) groups is 1. The lowest BCUT2D eigenvalue weighted by atomic mass is 10.2. The van der Waals surface area contributed by atoms with Gasteiger partial charge in [-0.2, -0.15) is 0 Å². The Morgan fingerprint density at radius 3 is 2.46 bits per heavy atom. The summed E-state index contributed by atoms with van der Waals surface area (Å²) in [6.45, 7) is 5.15. The zero-order valence-electron chi connectivity index (χ0n) is 20.6. The molecule has 11 heteroatoms. The molecule has 37 heavy (non-hydrogen) atoms. The fourth-order valence-electron chi connectivity index (χ4n) is 4.03. The van der Waals surface area contributed by atoms with E-state index < -0.39 is 28.5 Å². The molecule has 0 radical (unpaired) electrons. The molecule has 0 saturated carbocycles. The van der Waals surface area contributed by atoms with Gasteiger partial charge in [0.15, 0.2) is 0 Å². The van der Waals surface area contributed by atoms with Crippen molar-refractivity contribution in [2.75, 3.05) is 19.0 Å². The van der Waals surface area contributed by atoms with Crippen molar-refractivity contribution in [2.24, 2.45) is 0 Å². The molecule has 2 heterocycles. The minimum atomic E-state index is -0.563. The van der Waals surface area contributed by atoms with Crippen molar-refractivity contribution in [1.29, 1.82) is 0 Å². The number of hydrogen-bond donors (Lipinski definition) is 1. The van der Waals surface area contributed by atoms with Gasteiger partial charge in [-0.05, 0) is 68.4 Å². The molecule has 0 spiro atoms. The van der Waals surface area contributed by atoms with E-state index in [0.717, 1.165) is 27.9 Å². The molecule has 0 unspecified atom stereocenters. The van der Waals surface area contributed by atoms with E-state index in [0.29, 0.717) is 28.4 Å². The van der Waals surface area contributed by atoms with Gasteiger partial charge in [-0.3, -0.25) is 29.4 Å². The molecule has 4 rings (SSSR count). The number of imide groups is 1. The average Bonchev–Trinajstić information content (AvgIpc) is 3.28. The van der Waals surface area contributed by atoms with Crippen LogP contribution in [0.15, 0.2) is 53.4 Å². The predicted molar refractivity (Wildman–Crippen MR) is 141 cm³/mol. The maximum absolute atomic E-state index is 13.0. The summed E-state index contributed by atoms with van der Waals surface area (Å²) in [5.41, 5.74) is 4.10. The molecule has 0 aliphatic carbocycles. The first kappa shape index (κ1) is 25.7. The van der Waals surface area contributed by atoms with E-state index in [1.54, 1.807) is 29.7 Å². The Morgan fingerprint density at radius 1 is 1.11 bits per heavy atom. The molecule has 1 aromatic heterocycles. The number of nitro groups is 1. The fraction of sp³-hybridized carbons (Fsp3) is 0.192. The number of hydrogen-bond acceptors (Lipinski definition) is 7. The van der Waals surface area contributed by atoms with Crippen LogP contribution in [-0.4, -0.2) is 45.1 Å². The second-order valence-electron chi connectivity index (χ2n) is 8.46. The highest BCUT2D eigenvalue weighted by atomic mass is 32.2. The summed E-state index contributed by atoms with van der Waals surface area (Å²) in [6.07, 6.45) is 1.59. The molecule has 0 bridgehead atoms. The zero-order chi connectivity index (χ0) is 26.9. The van der Waals surface area contributed by atoms with Crippen LogP contribution in [0.4, 0.5) is 16.2 Å². The van der Waals surface area contributed by atoms with Crippen LogP contribution in [0.25, 0.3) is 11.8 Å². The SMILES string of the molecule is COc1ccc([N+](=O)[O-])cc1-n1c(C)cc(/C=C2/SC(=O)N(CC(=O)Nc3ccc(C)cc3)C2=O)c1C. The zero-order valence-corrected chi connectivity index (χ0v) is 21.4. The lowest BCUT2D eigenvalue weighted by molar-refractivity contribution is -0.384. The van der Waals surface area contributed by atoms with Gasteiger partial charge in [0.25, 0.3) is 16.8 Å². The standard InChI is InChI=1S/C26H24N4O6S/c1-15-5-7-19(8-6-15)27-24(31)14-28-25(32)23(37-26(28)33)12-18-11-16(2)29(17(18)3)21-13-20(30(34)35)9-10-22(21)36-4/h5-13H,14H2,1-4H3,(H,27,31)/b23-12+. The monoisotopic (exact) mass is 520 g/mol. The maximum atomic E-state index is 13.0. The molecule has 3 amide bonds. The number of aryl methyl sites for hydroxylation is 2. The Hall–Kier alpha value is -4.38. The van der Waals surface area contributed by atoms with Gasteiger partial charge in [0.05, 0.1) is 22.6 Å². The van der Waals surface area contributed by atoms with Crippen molar-refractivity contribution in [3.63, 3.8) is 0 Å². The first-order valence-corrected chi connectivity index (χ1v) is 12.0. The smallest absolute Gasteiger partial charge is 0.294 e. The van der Waals surface area contributed by atoms with Gasteiger partial charge in [-0.15, -0.1) is 0 Å². The van der Waals surface area contributed by atoms with Crippen LogP contribution in [0.3, 0.4) is 0 Å². The molecule has 190 valence electrons. The van der Waals surface area contributed by atoms with Crippen molar-refractivity contribution >= 4 is 46.3 Å². The number of anilines is 1. The second kappa shape index (κ2) is 10.3. The van der Waals surface area contributed by atoms with Gasteiger partial charge in [-0.25, -0.2) is 0 Å². The number of benzene rings is 2. The highest BCUT2D eigenvalue weighted by Crippen LogP contribution is 2.35. The number of amides is 3. The molecule has 1 fully saturated rings. The summed E-state index contributed by atoms with van der Waals surface area (Å²) < 4.78 is 7.20. The fourth-order valence-corrected chi connectivity index (χ4v) is 4.86. The van der Waals surface area contributed by atoms with Crippen LogP contribution in [-0.2, 0) is 9.59 Å². The molecule has 1 aliphatic rings. The summed E-state index contributed by atoms with van der Waals surface area (Å²) in [5.74, 6) is -0.603. The normalized spacial score (nSPS) is 14.4. The molecule has 2 aromatic carbocycles. The number of aromatic nitrogens is 1. The number of non-ortho nitro benzene ring substituents is 1. The van der Waals surface area contributed by atoms with Crippen molar-refractivity contribution in [3.05, 3.63) is 86.1 Å². The summed E-state index contributed by atoms with van der Waals surface area (Å²) >= 11 is 0.756. The number of carbonyl (C=O) groups is 3. The van der Waals surface area contributed by atoms with Gasteiger partial charge in [-0.1, -0.05) is 17.7 Å². The number of carbonyl (C=O) groups excluding carboxylic acids is 3. The average molecular weight is 521 g/mol. The van der Waals surface area contributed by atoms with E-state index in [4.69, 9.17) is 4.74 Å². The van der Waals surface area contributed by atoms with Crippen molar-refractivity contribution in [3.8, 4) is 11.4 Å². The molecule has 1 N–H and O–H groups in total. The molecular formula is C26H24N4O6S. The Morgan fingerprint density at radius 2 is 1.81 bits per heavy atom. The quantitative estimate of drug-likeness (QED) is 0.264. The Labute approximate surface area is 217 Å². The number of ether oxygens (including phenoxy) is 1. The maximum Gasteiger partial charge on any atom is 0.294 e. The van der Waals surface area contributed by atoms with Gasteiger partial charge in [0.2, 0.25) is 5.91 Å². The first-order valence-electron chi connectivity index (χ1n) is 11.2. The lowest BCUT2D eigenvalue weighted by Gasteiger charge is -2.14. The Kier molecular flexibility index (Phi) is 7.16. The van der Waals surface area contributed by atoms with Crippen LogP contribution < -0.4 is 10.1 Å². The third-order valence-electron chi connectivity index (χ3n) is 5.88. The third-order valence-corrected chi connectivity index (χ3v) is 6.79. The van der Waals surface area contributed by atoms with E-state index in [1.165, 1.54) is 25.3 Å². The van der Waals surface area contributed by atoms with Gasteiger partial charge < -0.3 is 14.6 Å². The highest BCUT2D eigenvalue weighted by molar-refractivity contribution is 8.18. The van der Waals surface area contributed by atoms with Crippen molar-refractivity contribution in [2.45, 2.75) is 20.8 Å². The van der Waals surface area contributed by atoms with Crippen molar-refractivity contribution in [1.82, 2.24) is 9.47 Å². The summed E-state index contributed by atoms with van der Waals surface area (Å²) in [5, 5.41) is 13.5. The van der Waals surface area contributed by atoms with Crippen LogP contribution in [0.2, 0.25) is 0 Å². The van der Waals surface area contributed by atoms with E-state index in [2.05, 4.69) is 5.32 Å². The predicted octanol–water partition coefficient (Wildman–Crippen LogP) is 4.99. The van der Waals surface area contributed by atoms with E-state index in [9.17, 15) is 24.5 Å². The van der Waals surface area contributed by atoms with Crippen molar-refractivity contribution < 1.29 is 24.0 Å². The van der Waals surface area contributed by atoms with E-state index >= 15 is 0 Å². The first-order chi connectivity index (χ1) is 17.6. The minimum absolute atomic E-state index is 0.0881. The van der Waals surface area contributed by atoms with E-state index in [1.807, 2.05) is 32.0 Å². The van der Waals surface area contributed by atoms with Crippen LogP contribution >= 0.6 is 11.8 Å².